The van der Waals surface area contributed by atoms with E-state index in [2.05, 4.69) is 15.5 Å². The number of alkyl halides is 3. The van der Waals surface area contributed by atoms with Gasteiger partial charge in [0.05, 0.1) is 6.10 Å². The number of nitrogens with one attached hydrogen (secondary N) is 1. The molecule has 1 amide bonds. The quantitative estimate of drug-likeness (QED) is 0.825. The van der Waals surface area contributed by atoms with Gasteiger partial charge in [0.15, 0.2) is 0 Å². The van der Waals surface area contributed by atoms with Gasteiger partial charge >= 0.3 is 12.2 Å². The molecule has 1 aliphatic heterocycles. The number of carbonyl (C=O) groups excluding carboxylic acids is 1. The fraction of sp³-hybridized carbons (Fsp3) is 0.471. The lowest BCUT2D eigenvalue weighted by Crippen LogP contribution is -2.58. The third-order valence-electron chi connectivity index (χ3n) is 4.08. The number of aromatic nitrogens is 2. The highest BCUT2D eigenvalue weighted by atomic mass is 19.4. The summed E-state index contributed by atoms with van der Waals surface area (Å²) in [5.74, 6) is 0.0404. The van der Waals surface area contributed by atoms with Crippen LogP contribution >= 0.6 is 0 Å². The Morgan fingerprint density at radius 1 is 1.33 bits per heavy atom. The number of hydrogen-bond acceptors (Lipinski definition) is 6. The molecule has 1 saturated heterocycles. The minimum absolute atomic E-state index is 0.0943. The van der Waals surface area contributed by atoms with Crippen molar-refractivity contribution in [2.75, 3.05) is 25.0 Å². The molecule has 27 heavy (non-hydrogen) atoms. The van der Waals surface area contributed by atoms with Gasteiger partial charge in [0, 0.05) is 18.7 Å². The topological polar surface area (TPSA) is 80.5 Å². The van der Waals surface area contributed by atoms with E-state index in [9.17, 15) is 18.0 Å². The predicted octanol–water partition coefficient (Wildman–Crippen LogP) is 2.64. The largest absolute Gasteiger partial charge is 0.411 e. The monoisotopic (exact) mass is 384 g/mol. The van der Waals surface area contributed by atoms with Crippen molar-refractivity contribution < 1.29 is 27.1 Å². The van der Waals surface area contributed by atoms with Crippen LogP contribution in [0.4, 0.5) is 19.2 Å². The molecule has 1 atom stereocenters. The van der Waals surface area contributed by atoms with Gasteiger partial charge in [-0.05, 0) is 26.0 Å². The maximum absolute atomic E-state index is 12.3. The maximum atomic E-state index is 12.3. The van der Waals surface area contributed by atoms with Crippen LogP contribution in [0, 0.1) is 6.92 Å². The van der Waals surface area contributed by atoms with Crippen LogP contribution in [0.1, 0.15) is 12.5 Å². The van der Waals surface area contributed by atoms with Crippen molar-refractivity contribution in [3.63, 3.8) is 0 Å². The van der Waals surface area contributed by atoms with Gasteiger partial charge in [-0.2, -0.15) is 13.2 Å². The zero-order chi connectivity index (χ0) is 19.6. The lowest BCUT2D eigenvalue weighted by molar-refractivity contribution is -0.200. The Hall–Kier alpha value is -2.62. The lowest BCUT2D eigenvalue weighted by Gasteiger charge is -2.40. The summed E-state index contributed by atoms with van der Waals surface area (Å²) in [4.78, 5) is 13.7. The molecule has 0 bridgehead atoms. The van der Waals surface area contributed by atoms with Gasteiger partial charge in [0.2, 0.25) is 11.8 Å². The summed E-state index contributed by atoms with van der Waals surface area (Å²) in [7, 11) is 0. The van der Waals surface area contributed by atoms with Gasteiger partial charge in [-0.3, -0.25) is 4.79 Å². The van der Waals surface area contributed by atoms with Gasteiger partial charge in [0.25, 0.3) is 0 Å². The highest BCUT2D eigenvalue weighted by molar-refractivity contribution is 5.84. The molecule has 0 spiro atoms. The number of hydrogen-bond donors (Lipinski definition) is 1. The number of amides is 1. The minimum Gasteiger partial charge on any atom is -0.403 e. The van der Waals surface area contributed by atoms with Crippen molar-refractivity contribution in [2.24, 2.45) is 0 Å². The Morgan fingerprint density at radius 2 is 2.00 bits per heavy atom. The molecule has 0 unspecified atom stereocenters. The van der Waals surface area contributed by atoms with Crippen LogP contribution in [0.3, 0.4) is 0 Å². The molecule has 146 valence electrons. The zero-order valence-electron chi connectivity index (χ0n) is 14.8. The first-order chi connectivity index (χ1) is 12.7. The highest BCUT2D eigenvalue weighted by Crippen LogP contribution is 2.22. The Balaban J connectivity index is 1.49. The number of rotatable bonds is 6. The van der Waals surface area contributed by atoms with Gasteiger partial charge in [0.1, 0.15) is 12.6 Å². The van der Waals surface area contributed by atoms with Crippen molar-refractivity contribution in [3.05, 3.63) is 29.8 Å². The molecule has 1 N–H and O–H groups in total. The Kier molecular flexibility index (Phi) is 5.36. The number of carbonyl (C=O) groups is 1. The predicted molar refractivity (Wildman–Crippen MR) is 89.9 cm³/mol. The van der Waals surface area contributed by atoms with Gasteiger partial charge in [-0.25, -0.2) is 0 Å². The van der Waals surface area contributed by atoms with E-state index in [1.807, 2.05) is 31.2 Å². The summed E-state index contributed by atoms with van der Waals surface area (Å²) < 4.78 is 46.5. The van der Waals surface area contributed by atoms with E-state index in [1.54, 1.807) is 6.92 Å². The number of anilines is 1. The molecule has 1 aromatic carbocycles. The zero-order valence-corrected chi connectivity index (χ0v) is 14.8. The van der Waals surface area contributed by atoms with Gasteiger partial charge < -0.3 is 19.4 Å². The van der Waals surface area contributed by atoms with Crippen LogP contribution in [-0.2, 0) is 9.53 Å². The molecule has 1 fully saturated rings. The van der Waals surface area contributed by atoms with E-state index < -0.39 is 24.9 Å². The first-order valence-corrected chi connectivity index (χ1v) is 8.35. The fourth-order valence-electron chi connectivity index (χ4n) is 2.55. The standard InChI is InChI=1S/C17H19F3N4O3/c1-10-3-5-12(6-4-10)14-22-23-16(27-14)21-11(2)15(25)24-7-13(8-24)26-9-17(18,19)20/h3-6,11,13H,7-9H2,1-2H3,(H,21,23)/t11-/m1/s1. The molecule has 1 aliphatic rings. The Morgan fingerprint density at radius 3 is 2.63 bits per heavy atom. The first-order valence-electron chi connectivity index (χ1n) is 8.35. The van der Waals surface area contributed by atoms with Crippen molar-refractivity contribution in [2.45, 2.75) is 32.2 Å². The van der Waals surface area contributed by atoms with Crippen LogP contribution < -0.4 is 5.32 Å². The average Bonchev–Trinajstić information content (AvgIpc) is 3.01. The second-order valence-corrected chi connectivity index (χ2v) is 6.44. The van der Waals surface area contributed by atoms with E-state index in [0.29, 0.717) is 5.89 Å². The SMILES string of the molecule is Cc1ccc(-c2nnc(N[C@H](C)C(=O)N3CC(OCC(F)(F)F)C3)o2)cc1. The van der Waals surface area contributed by atoms with Gasteiger partial charge in [-0.1, -0.05) is 22.8 Å². The molecular weight excluding hydrogens is 365 g/mol. The highest BCUT2D eigenvalue weighted by Gasteiger charge is 2.37. The van der Waals surface area contributed by atoms with E-state index in [0.717, 1.165) is 11.1 Å². The van der Waals surface area contributed by atoms with Crippen LogP contribution in [0.15, 0.2) is 28.7 Å². The molecule has 1 aromatic heterocycles. The number of benzene rings is 1. The fourth-order valence-corrected chi connectivity index (χ4v) is 2.55. The average molecular weight is 384 g/mol. The summed E-state index contributed by atoms with van der Waals surface area (Å²) in [6, 6.07) is 6.96. The summed E-state index contributed by atoms with van der Waals surface area (Å²) in [6.45, 7) is 2.52. The van der Waals surface area contributed by atoms with Crippen LogP contribution in [0.5, 0.6) is 0 Å². The van der Waals surface area contributed by atoms with Crippen LogP contribution in [0.25, 0.3) is 11.5 Å². The lowest BCUT2D eigenvalue weighted by atomic mass is 10.1. The molecule has 0 saturated carbocycles. The molecular formula is C17H19F3N4O3. The van der Waals surface area contributed by atoms with Crippen LogP contribution in [-0.4, -0.2) is 59.0 Å². The summed E-state index contributed by atoms with van der Waals surface area (Å²) >= 11 is 0. The van der Waals surface area contributed by atoms with E-state index in [-0.39, 0.29) is 25.0 Å². The number of nitrogens with zero attached hydrogens (tertiary/aromatic N) is 3. The van der Waals surface area contributed by atoms with Crippen LogP contribution in [0.2, 0.25) is 0 Å². The number of aryl methyl sites for hydroxylation is 1. The summed E-state index contributed by atoms with van der Waals surface area (Å²) in [5.41, 5.74) is 1.86. The van der Waals surface area contributed by atoms with Gasteiger partial charge in [-0.15, -0.1) is 5.10 Å². The molecule has 0 aliphatic carbocycles. The Bertz CT molecular complexity index is 785. The minimum atomic E-state index is -4.37. The smallest absolute Gasteiger partial charge is 0.403 e. The third kappa shape index (κ3) is 4.97. The maximum Gasteiger partial charge on any atom is 0.411 e. The summed E-state index contributed by atoms with van der Waals surface area (Å²) in [5, 5.41) is 10.6. The van der Waals surface area contributed by atoms with Crippen molar-refractivity contribution in [1.29, 1.82) is 0 Å². The first kappa shape index (κ1) is 19.2. The third-order valence-corrected chi connectivity index (χ3v) is 4.08. The normalized spacial score (nSPS) is 16.1. The molecule has 3 rings (SSSR count). The van der Waals surface area contributed by atoms with E-state index >= 15 is 0 Å². The van der Waals surface area contributed by atoms with Crippen molar-refractivity contribution in [1.82, 2.24) is 15.1 Å². The van der Waals surface area contributed by atoms with E-state index in [1.165, 1.54) is 4.90 Å². The molecule has 2 heterocycles. The Labute approximate surface area is 153 Å². The van der Waals surface area contributed by atoms with Crippen molar-refractivity contribution in [3.8, 4) is 11.5 Å². The molecule has 10 heteroatoms. The summed E-state index contributed by atoms with van der Waals surface area (Å²) in [6.07, 6.45) is -4.97. The van der Waals surface area contributed by atoms with Crippen molar-refractivity contribution >= 4 is 11.9 Å². The second kappa shape index (κ2) is 7.55. The number of ether oxygens (including phenoxy) is 1. The molecule has 7 nitrogen and oxygen atoms in total. The number of likely N-dealkylation sites (tertiary alicyclic amines) is 1. The molecule has 2 aromatic rings. The second-order valence-electron chi connectivity index (χ2n) is 6.44. The molecule has 0 radical (unpaired) electrons. The van der Waals surface area contributed by atoms with E-state index in [4.69, 9.17) is 9.15 Å². The number of halogens is 3.